The summed E-state index contributed by atoms with van der Waals surface area (Å²) in [7, 11) is 0. The molecule has 1 aromatic heterocycles. The zero-order chi connectivity index (χ0) is 11.1. The van der Waals surface area contributed by atoms with E-state index in [2.05, 4.69) is 10.3 Å². The smallest absolute Gasteiger partial charge is 0.217 e. The second-order valence-corrected chi connectivity index (χ2v) is 3.96. The van der Waals surface area contributed by atoms with Gasteiger partial charge in [0, 0.05) is 18.9 Å². The molecule has 0 aliphatic carbocycles. The zero-order valence-corrected chi connectivity index (χ0v) is 9.16. The number of carbonyl (C=O) groups is 2. The van der Waals surface area contributed by atoms with Gasteiger partial charge in [-0.15, -0.1) is 11.8 Å². The molecule has 80 valence electrons. The van der Waals surface area contributed by atoms with E-state index in [1.54, 1.807) is 6.20 Å². The minimum atomic E-state index is -0.450. The molecule has 1 atom stereocenters. The van der Waals surface area contributed by atoms with Gasteiger partial charge in [-0.25, -0.2) is 4.98 Å². The number of amides is 1. The van der Waals surface area contributed by atoms with Crippen molar-refractivity contribution in [2.45, 2.75) is 18.0 Å². The third-order valence-electron chi connectivity index (χ3n) is 1.60. The largest absolute Gasteiger partial charge is 0.346 e. The van der Waals surface area contributed by atoms with Gasteiger partial charge in [-0.3, -0.25) is 4.79 Å². The molecule has 0 aliphatic rings. The Labute approximate surface area is 92.5 Å². The molecule has 1 heterocycles. The lowest BCUT2D eigenvalue weighted by Crippen LogP contribution is -2.36. The van der Waals surface area contributed by atoms with Gasteiger partial charge in [0.2, 0.25) is 5.91 Å². The summed E-state index contributed by atoms with van der Waals surface area (Å²) in [6, 6.07) is 5.12. The fraction of sp³-hybridized carbons (Fsp3) is 0.300. The van der Waals surface area contributed by atoms with E-state index in [1.165, 1.54) is 18.7 Å². The molecule has 0 fully saturated rings. The molecule has 0 bridgehead atoms. The van der Waals surface area contributed by atoms with Gasteiger partial charge in [0.1, 0.15) is 6.29 Å². The summed E-state index contributed by atoms with van der Waals surface area (Å²) in [4.78, 5) is 25.4. The zero-order valence-electron chi connectivity index (χ0n) is 8.34. The molecule has 1 N–H and O–H groups in total. The standard InChI is InChI=1S/C10H12N2O2S/c1-8(14)12-9(6-13)7-15-10-4-2-3-5-11-10/h2-6,9H,7H2,1H3,(H,12,14). The summed E-state index contributed by atoms with van der Waals surface area (Å²) < 4.78 is 0. The topological polar surface area (TPSA) is 59.1 Å². The Balaban J connectivity index is 2.41. The van der Waals surface area contributed by atoms with Crippen molar-refractivity contribution in [3.05, 3.63) is 24.4 Å². The van der Waals surface area contributed by atoms with Gasteiger partial charge < -0.3 is 10.1 Å². The van der Waals surface area contributed by atoms with Gasteiger partial charge in [0.15, 0.2) is 0 Å². The Morgan fingerprint density at radius 2 is 2.47 bits per heavy atom. The van der Waals surface area contributed by atoms with Gasteiger partial charge in [-0.1, -0.05) is 6.07 Å². The van der Waals surface area contributed by atoms with E-state index in [1.807, 2.05) is 18.2 Å². The summed E-state index contributed by atoms with van der Waals surface area (Å²) in [5, 5.41) is 3.39. The number of thioether (sulfide) groups is 1. The Morgan fingerprint density at radius 3 is 3.00 bits per heavy atom. The second kappa shape index (κ2) is 6.19. The van der Waals surface area contributed by atoms with Crippen LogP contribution in [0.25, 0.3) is 0 Å². The van der Waals surface area contributed by atoms with Crippen molar-refractivity contribution in [1.29, 1.82) is 0 Å². The van der Waals surface area contributed by atoms with Crippen molar-refractivity contribution in [3.8, 4) is 0 Å². The molecule has 1 unspecified atom stereocenters. The van der Waals surface area contributed by atoms with Gasteiger partial charge >= 0.3 is 0 Å². The lowest BCUT2D eigenvalue weighted by Gasteiger charge is -2.09. The highest BCUT2D eigenvalue weighted by molar-refractivity contribution is 7.99. The van der Waals surface area contributed by atoms with E-state index >= 15 is 0 Å². The normalized spacial score (nSPS) is 11.8. The van der Waals surface area contributed by atoms with Crippen LogP contribution in [-0.4, -0.2) is 29.0 Å². The highest BCUT2D eigenvalue weighted by atomic mass is 32.2. The number of pyridine rings is 1. The Kier molecular flexibility index (Phi) is 4.83. The van der Waals surface area contributed by atoms with E-state index in [4.69, 9.17) is 0 Å². The van der Waals surface area contributed by atoms with Crippen LogP contribution in [0, 0.1) is 0 Å². The molecule has 1 amide bonds. The van der Waals surface area contributed by atoms with Crippen LogP contribution < -0.4 is 5.32 Å². The molecule has 0 aliphatic heterocycles. The number of hydrogen-bond acceptors (Lipinski definition) is 4. The van der Waals surface area contributed by atoms with Crippen molar-refractivity contribution < 1.29 is 9.59 Å². The van der Waals surface area contributed by atoms with Crippen molar-refractivity contribution in [2.75, 3.05) is 5.75 Å². The van der Waals surface area contributed by atoms with E-state index < -0.39 is 6.04 Å². The number of nitrogens with one attached hydrogen (secondary N) is 1. The van der Waals surface area contributed by atoms with E-state index in [0.717, 1.165) is 11.3 Å². The Bertz CT molecular complexity index is 329. The first-order valence-electron chi connectivity index (χ1n) is 4.48. The third kappa shape index (κ3) is 4.60. The average Bonchev–Trinajstić information content (AvgIpc) is 2.25. The quantitative estimate of drug-likeness (QED) is 0.595. The number of hydrogen-bond donors (Lipinski definition) is 1. The first kappa shape index (κ1) is 11.7. The van der Waals surface area contributed by atoms with Gasteiger partial charge in [0.25, 0.3) is 0 Å². The van der Waals surface area contributed by atoms with Crippen LogP contribution in [0.4, 0.5) is 0 Å². The summed E-state index contributed by atoms with van der Waals surface area (Å²) in [6.07, 6.45) is 2.42. The third-order valence-corrected chi connectivity index (χ3v) is 2.66. The number of rotatable bonds is 5. The van der Waals surface area contributed by atoms with Gasteiger partial charge in [-0.05, 0) is 12.1 Å². The van der Waals surface area contributed by atoms with Crippen LogP contribution in [0.3, 0.4) is 0 Å². The molecule has 5 heteroatoms. The van der Waals surface area contributed by atoms with Gasteiger partial charge in [-0.2, -0.15) is 0 Å². The predicted octanol–water partition coefficient (Wildman–Crippen LogP) is 0.877. The van der Waals surface area contributed by atoms with Crippen LogP contribution >= 0.6 is 11.8 Å². The van der Waals surface area contributed by atoms with Crippen molar-refractivity contribution in [1.82, 2.24) is 10.3 Å². The molecular weight excluding hydrogens is 212 g/mol. The van der Waals surface area contributed by atoms with Gasteiger partial charge in [0.05, 0.1) is 11.1 Å². The summed E-state index contributed by atoms with van der Waals surface area (Å²) >= 11 is 1.44. The van der Waals surface area contributed by atoms with Crippen molar-refractivity contribution >= 4 is 24.0 Å². The maximum atomic E-state index is 10.7. The maximum absolute atomic E-state index is 10.7. The first-order valence-corrected chi connectivity index (χ1v) is 5.47. The number of carbonyl (C=O) groups excluding carboxylic acids is 2. The fourth-order valence-corrected chi connectivity index (χ4v) is 1.81. The molecule has 0 saturated heterocycles. The molecule has 4 nitrogen and oxygen atoms in total. The van der Waals surface area contributed by atoms with Crippen LogP contribution in [0.1, 0.15) is 6.92 Å². The van der Waals surface area contributed by atoms with Crippen LogP contribution in [0.5, 0.6) is 0 Å². The molecule has 0 saturated carbocycles. The maximum Gasteiger partial charge on any atom is 0.217 e. The highest BCUT2D eigenvalue weighted by Gasteiger charge is 2.08. The highest BCUT2D eigenvalue weighted by Crippen LogP contribution is 2.14. The Morgan fingerprint density at radius 1 is 1.67 bits per heavy atom. The van der Waals surface area contributed by atoms with Crippen LogP contribution in [0.2, 0.25) is 0 Å². The minimum Gasteiger partial charge on any atom is -0.346 e. The van der Waals surface area contributed by atoms with E-state index in [0.29, 0.717) is 5.75 Å². The van der Waals surface area contributed by atoms with Crippen LogP contribution in [0.15, 0.2) is 29.4 Å². The van der Waals surface area contributed by atoms with E-state index in [9.17, 15) is 9.59 Å². The molecular formula is C10H12N2O2S. The number of aldehydes is 1. The summed E-state index contributed by atoms with van der Waals surface area (Å²) in [6.45, 7) is 1.39. The SMILES string of the molecule is CC(=O)NC(C=O)CSc1ccccn1. The fourth-order valence-electron chi connectivity index (χ4n) is 0.984. The molecule has 0 aromatic carbocycles. The Hall–Kier alpha value is -1.36. The van der Waals surface area contributed by atoms with Crippen LogP contribution in [-0.2, 0) is 9.59 Å². The van der Waals surface area contributed by atoms with E-state index in [-0.39, 0.29) is 5.91 Å². The average molecular weight is 224 g/mol. The molecule has 1 aromatic rings. The molecule has 0 spiro atoms. The lowest BCUT2D eigenvalue weighted by molar-refractivity contribution is -0.121. The van der Waals surface area contributed by atoms with Crippen molar-refractivity contribution in [2.24, 2.45) is 0 Å². The minimum absolute atomic E-state index is 0.200. The molecule has 0 radical (unpaired) electrons. The summed E-state index contributed by atoms with van der Waals surface area (Å²) in [5.41, 5.74) is 0. The summed E-state index contributed by atoms with van der Waals surface area (Å²) in [5.74, 6) is 0.300. The molecule has 15 heavy (non-hydrogen) atoms. The first-order chi connectivity index (χ1) is 7.22. The number of nitrogens with zero attached hydrogens (tertiary/aromatic N) is 1. The van der Waals surface area contributed by atoms with Crippen molar-refractivity contribution in [3.63, 3.8) is 0 Å². The predicted molar refractivity (Wildman–Crippen MR) is 58.6 cm³/mol. The lowest BCUT2D eigenvalue weighted by atomic mass is 10.4. The molecule has 1 rings (SSSR count). The monoisotopic (exact) mass is 224 g/mol. The second-order valence-electron chi connectivity index (χ2n) is 2.92. The number of aromatic nitrogens is 1.